The maximum atomic E-state index is 8.67. The Morgan fingerprint density at radius 1 is 1.79 bits per heavy atom. The maximum Gasteiger partial charge on any atom is 0.255 e. The first-order chi connectivity index (χ1) is 6.53. The quantitative estimate of drug-likeness (QED) is 0.767. The van der Waals surface area contributed by atoms with Crippen molar-refractivity contribution in [1.29, 1.82) is 5.26 Å². The Morgan fingerprint density at radius 2 is 2.50 bits per heavy atom. The van der Waals surface area contributed by atoms with Crippen molar-refractivity contribution >= 4 is 11.8 Å². The first-order valence-electron chi connectivity index (χ1n) is 4.28. The highest BCUT2D eigenvalue weighted by Gasteiger charge is 2.17. The van der Waals surface area contributed by atoms with Gasteiger partial charge in [-0.3, -0.25) is 0 Å². The second-order valence-corrected chi connectivity index (χ2v) is 4.43. The molecule has 0 aliphatic carbocycles. The number of rotatable bonds is 4. The van der Waals surface area contributed by atoms with Gasteiger partial charge in [0.15, 0.2) is 0 Å². The van der Waals surface area contributed by atoms with Crippen molar-refractivity contribution in [3.63, 3.8) is 0 Å². The number of nitrogens with two attached hydrogens (primary N) is 1. The molecule has 1 aromatic heterocycles. The summed E-state index contributed by atoms with van der Waals surface area (Å²) in [6, 6.07) is 2.05. The number of aryl methyl sites for hydroxylation is 1. The van der Waals surface area contributed by atoms with E-state index in [1.807, 2.05) is 13.0 Å². The molecule has 76 valence electrons. The minimum absolute atomic E-state index is 0.621. The van der Waals surface area contributed by atoms with Crippen molar-refractivity contribution in [2.75, 3.05) is 5.75 Å². The smallest absolute Gasteiger partial charge is 0.255 e. The van der Waals surface area contributed by atoms with E-state index in [1.54, 1.807) is 13.2 Å². The van der Waals surface area contributed by atoms with Gasteiger partial charge in [0, 0.05) is 5.75 Å². The van der Waals surface area contributed by atoms with E-state index in [-0.39, 0.29) is 0 Å². The average Bonchev–Trinajstić information content (AvgIpc) is 2.51. The lowest BCUT2D eigenvalue weighted by Crippen LogP contribution is -2.34. The van der Waals surface area contributed by atoms with Gasteiger partial charge < -0.3 is 10.2 Å². The van der Waals surface area contributed by atoms with Gasteiger partial charge >= 0.3 is 0 Å². The van der Waals surface area contributed by atoms with Crippen molar-refractivity contribution in [2.45, 2.75) is 31.0 Å². The Hall–Kier alpha value is -0.990. The van der Waals surface area contributed by atoms with Gasteiger partial charge in [0.2, 0.25) is 0 Å². The summed E-state index contributed by atoms with van der Waals surface area (Å²) in [5, 5.41) is 9.31. The molecule has 1 aromatic rings. The van der Waals surface area contributed by atoms with Crippen LogP contribution in [0.25, 0.3) is 0 Å². The predicted molar refractivity (Wildman–Crippen MR) is 54.8 cm³/mol. The monoisotopic (exact) mass is 211 g/mol. The van der Waals surface area contributed by atoms with Crippen molar-refractivity contribution < 1.29 is 4.42 Å². The predicted octanol–water partition coefficient (Wildman–Crippen LogP) is 1.71. The molecule has 0 saturated heterocycles. The molecule has 4 nitrogen and oxygen atoms in total. The van der Waals surface area contributed by atoms with Crippen molar-refractivity contribution in [1.82, 2.24) is 4.98 Å². The van der Waals surface area contributed by atoms with Gasteiger partial charge in [-0.15, -0.1) is 0 Å². The molecule has 0 aliphatic rings. The fourth-order valence-corrected chi connectivity index (χ4v) is 1.83. The van der Waals surface area contributed by atoms with E-state index >= 15 is 0 Å². The summed E-state index contributed by atoms with van der Waals surface area (Å²) >= 11 is 1.47. The molecule has 1 atom stereocenters. The molecule has 1 heterocycles. The van der Waals surface area contributed by atoms with Crippen molar-refractivity contribution in [3.05, 3.63) is 12.0 Å². The standard InChI is InChI=1S/C9H13N3OS/c1-7-5-13-8(12-7)14-4-3-9(2,11)6-10/h5H,3-4,11H2,1-2H3. The topological polar surface area (TPSA) is 75.8 Å². The van der Waals surface area contributed by atoms with E-state index in [0.717, 1.165) is 11.4 Å². The largest absolute Gasteiger partial charge is 0.440 e. The third-order valence-corrected chi connectivity index (χ3v) is 2.54. The second-order valence-electron chi connectivity index (χ2n) is 3.38. The number of hydrogen-bond donors (Lipinski definition) is 1. The molecule has 14 heavy (non-hydrogen) atoms. The SMILES string of the molecule is Cc1coc(SCCC(C)(N)C#N)n1. The van der Waals surface area contributed by atoms with E-state index in [9.17, 15) is 0 Å². The van der Waals surface area contributed by atoms with E-state index in [4.69, 9.17) is 15.4 Å². The summed E-state index contributed by atoms with van der Waals surface area (Å²) in [5.41, 5.74) is 5.77. The van der Waals surface area contributed by atoms with Crippen LogP contribution in [-0.2, 0) is 0 Å². The first-order valence-corrected chi connectivity index (χ1v) is 5.27. The molecule has 0 bridgehead atoms. The lowest BCUT2D eigenvalue weighted by Gasteiger charge is -2.13. The molecule has 1 rings (SSSR count). The van der Waals surface area contributed by atoms with Crippen LogP contribution in [0.15, 0.2) is 15.9 Å². The number of nitrogens with zero attached hydrogens (tertiary/aromatic N) is 2. The highest BCUT2D eigenvalue weighted by Crippen LogP contribution is 2.19. The molecule has 5 heteroatoms. The fraction of sp³-hybridized carbons (Fsp3) is 0.556. The van der Waals surface area contributed by atoms with Crippen LogP contribution in [0.1, 0.15) is 19.0 Å². The molecule has 1 unspecified atom stereocenters. The fourth-order valence-electron chi connectivity index (χ4n) is 0.805. The van der Waals surface area contributed by atoms with Crippen LogP contribution < -0.4 is 5.73 Å². The minimum atomic E-state index is -0.755. The van der Waals surface area contributed by atoms with Gasteiger partial charge in [0.1, 0.15) is 11.8 Å². The van der Waals surface area contributed by atoms with Crippen LogP contribution in [0.5, 0.6) is 0 Å². The number of hydrogen-bond acceptors (Lipinski definition) is 5. The van der Waals surface area contributed by atoms with Gasteiger partial charge in [0.25, 0.3) is 5.22 Å². The highest BCUT2D eigenvalue weighted by molar-refractivity contribution is 7.99. The molecular weight excluding hydrogens is 198 g/mol. The van der Waals surface area contributed by atoms with Gasteiger partial charge in [-0.2, -0.15) is 5.26 Å². The van der Waals surface area contributed by atoms with Crippen molar-refractivity contribution in [3.8, 4) is 6.07 Å². The Bertz CT molecular complexity index is 340. The Kier molecular flexibility index (Phi) is 3.55. The molecular formula is C9H13N3OS. The van der Waals surface area contributed by atoms with Crippen LogP contribution >= 0.6 is 11.8 Å². The lowest BCUT2D eigenvalue weighted by molar-refractivity contribution is 0.453. The van der Waals surface area contributed by atoms with Gasteiger partial charge in [-0.05, 0) is 20.3 Å². The molecule has 0 amide bonds. The number of thioether (sulfide) groups is 1. The summed E-state index contributed by atoms with van der Waals surface area (Å²) in [6.07, 6.45) is 2.23. The van der Waals surface area contributed by atoms with Crippen LogP contribution in [0.3, 0.4) is 0 Å². The summed E-state index contributed by atoms with van der Waals surface area (Å²) in [6.45, 7) is 3.59. The Labute approximate surface area is 87.5 Å². The molecule has 0 saturated carbocycles. The van der Waals surface area contributed by atoms with Crippen LogP contribution in [-0.4, -0.2) is 16.3 Å². The van der Waals surface area contributed by atoms with Gasteiger partial charge in [0.05, 0.1) is 11.8 Å². The summed E-state index contributed by atoms with van der Waals surface area (Å²) in [4.78, 5) is 4.13. The third kappa shape index (κ3) is 3.40. The summed E-state index contributed by atoms with van der Waals surface area (Å²) in [5.74, 6) is 0.737. The zero-order chi connectivity index (χ0) is 10.6. The average molecular weight is 211 g/mol. The maximum absolute atomic E-state index is 8.67. The van der Waals surface area contributed by atoms with Crippen LogP contribution in [0.2, 0.25) is 0 Å². The van der Waals surface area contributed by atoms with Crippen LogP contribution in [0.4, 0.5) is 0 Å². The zero-order valence-electron chi connectivity index (χ0n) is 8.28. The molecule has 2 N–H and O–H groups in total. The second kappa shape index (κ2) is 4.49. The van der Waals surface area contributed by atoms with Gasteiger partial charge in [-0.1, -0.05) is 11.8 Å². The molecule has 0 spiro atoms. The van der Waals surface area contributed by atoms with Crippen molar-refractivity contribution in [2.24, 2.45) is 5.73 Å². The molecule has 0 aliphatic heterocycles. The molecule has 0 aromatic carbocycles. The zero-order valence-corrected chi connectivity index (χ0v) is 9.10. The van der Waals surface area contributed by atoms with Crippen LogP contribution in [0, 0.1) is 18.3 Å². The third-order valence-electron chi connectivity index (χ3n) is 1.70. The molecule has 0 radical (unpaired) electrons. The Morgan fingerprint density at radius 3 is 3.00 bits per heavy atom. The van der Waals surface area contributed by atoms with E-state index in [0.29, 0.717) is 11.6 Å². The first kappa shape index (κ1) is 11.1. The van der Waals surface area contributed by atoms with E-state index in [2.05, 4.69) is 4.98 Å². The number of oxazole rings is 1. The lowest BCUT2D eigenvalue weighted by atomic mass is 10.0. The molecule has 0 fully saturated rings. The number of nitriles is 1. The normalized spacial score (nSPS) is 14.7. The summed E-state index contributed by atoms with van der Waals surface area (Å²) in [7, 11) is 0. The minimum Gasteiger partial charge on any atom is -0.440 e. The highest BCUT2D eigenvalue weighted by atomic mass is 32.2. The van der Waals surface area contributed by atoms with E-state index < -0.39 is 5.54 Å². The number of aromatic nitrogens is 1. The summed E-state index contributed by atoms with van der Waals surface area (Å²) < 4.78 is 5.14. The Balaban J connectivity index is 2.33. The van der Waals surface area contributed by atoms with Gasteiger partial charge in [-0.25, -0.2) is 4.98 Å². The van der Waals surface area contributed by atoms with E-state index in [1.165, 1.54) is 11.8 Å².